The summed E-state index contributed by atoms with van der Waals surface area (Å²) < 4.78 is 0. The average Bonchev–Trinajstić information content (AvgIpc) is 3.05. The first-order valence-corrected chi connectivity index (χ1v) is 8.76. The minimum atomic E-state index is -0.268. The molecule has 8 heteroatoms. The van der Waals surface area contributed by atoms with Crippen molar-refractivity contribution in [3.05, 3.63) is 30.0 Å². The fourth-order valence-corrected chi connectivity index (χ4v) is 3.12. The van der Waals surface area contributed by atoms with E-state index in [-0.39, 0.29) is 36.1 Å². The van der Waals surface area contributed by atoms with Gasteiger partial charge in [0.05, 0.1) is 5.52 Å². The molecule has 0 unspecified atom stereocenters. The molecule has 0 spiro atoms. The van der Waals surface area contributed by atoms with Crippen LogP contribution in [-0.2, 0) is 4.79 Å². The molecule has 0 aliphatic carbocycles. The van der Waals surface area contributed by atoms with Crippen LogP contribution in [0.2, 0.25) is 0 Å². The summed E-state index contributed by atoms with van der Waals surface area (Å²) in [5.41, 5.74) is 1.34. The summed E-state index contributed by atoms with van der Waals surface area (Å²) in [6, 6.07) is 7.47. The minimum absolute atomic E-state index is 0. The van der Waals surface area contributed by atoms with E-state index >= 15 is 0 Å². The molecule has 1 aromatic carbocycles. The monoisotopic (exact) mass is 379 g/mol. The highest BCUT2D eigenvalue weighted by molar-refractivity contribution is 6.04. The molecular weight excluding hydrogens is 354 g/mol. The van der Waals surface area contributed by atoms with Crippen molar-refractivity contribution in [2.45, 2.75) is 26.2 Å². The third-order valence-electron chi connectivity index (χ3n) is 4.85. The number of carbonyl (C=O) groups is 2. The van der Waals surface area contributed by atoms with E-state index in [4.69, 9.17) is 0 Å². The fraction of sp³-hybridized carbons (Fsp3) is 0.500. The van der Waals surface area contributed by atoms with E-state index in [9.17, 15) is 9.59 Å². The number of aromatic amines is 1. The molecule has 2 heterocycles. The van der Waals surface area contributed by atoms with Gasteiger partial charge in [-0.2, -0.15) is 5.10 Å². The molecule has 2 amide bonds. The van der Waals surface area contributed by atoms with Crippen LogP contribution in [0.5, 0.6) is 0 Å². The van der Waals surface area contributed by atoms with Crippen molar-refractivity contribution in [3.8, 4) is 0 Å². The number of H-pyrrole nitrogens is 1. The zero-order chi connectivity index (χ0) is 17.7. The van der Waals surface area contributed by atoms with Gasteiger partial charge >= 0.3 is 0 Å². The molecule has 1 fully saturated rings. The molecule has 0 saturated carbocycles. The van der Waals surface area contributed by atoms with E-state index in [0.29, 0.717) is 18.8 Å². The Kier molecular flexibility index (Phi) is 6.99. The van der Waals surface area contributed by atoms with E-state index < -0.39 is 0 Å². The Morgan fingerprint density at radius 3 is 2.69 bits per heavy atom. The Bertz CT molecular complexity index is 755. The van der Waals surface area contributed by atoms with Crippen LogP contribution in [0, 0.1) is 5.41 Å². The lowest BCUT2D eigenvalue weighted by Crippen LogP contribution is -2.43. The van der Waals surface area contributed by atoms with E-state index in [1.54, 1.807) is 0 Å². The van der Waals surface area contributed by atoms with Gasteiger partial charge in [-0.15, -0.1) is 12.4 Å². The van der Waals surface area contributed by atoms with Gasteiger partial charge in [0.25, 0.3) is 5.91 Å². The number of aromatic nitrogens is 2. The Balaban J connectivity index is 0.00000243. The summed E-state index contributed by atoms with van der Waals surface area (Å²) in [5, 5.41) is 16.8. The topological polar surface area (TPSA) is 98.9 Å². The van der Waals surface area contributed by atoms with Crippen molar-refractivity contribution in [1.82, 2.24) is 26.1 Å². The van der Waals surface area contributed by atoms with E-state index in [2.05, 4.69) is 33.1 Å². The average molecular weight is 380 g/mol. The lowest BCUT2D eigenvalue weighted by atomic mass is 9.81. The van der Waals surface area contributed by atoms with Crippen LogP contribution in [0.4, 0.5) is 0 Å². The Morgan fingerprint density at radius 1 is 1.19 bits per heavy atom. The van der Waals surface area contributed by atoms with E-state index in [0.717, 1.165) is 36.8 Å². The van der Waals surface area contributed by atoms with Crippen LogP contribution in [0.25, 0.3) is 10.9 Å². The number of nitrogens with zero attached hydrogens (tertiary/aromatic N) is 1. The van der Waals surface area contributed by atoms with Crippen molar-refractivity contribution in [2.24, 2.45) is 5.41 Å². The molecule has 1 aromatic heterocycles. The number of para-hydroxylation sites is 1. The maximum Gasteiger partial charge on any atom is 0.272 e. The van der Waals surface area contributed by atoms with Gasteiger partial charge in [0, 0.05) is 24.9 Å². The van der Waals surface area contributed by atoms with Crippen LogP contribution >= 0.6 is 12.4 Å². The number of rotatable bonds is 6. The smallest absolute Gasteiger partial charge is 0.272 e. The number of benzene rings is 1. The molecule has 1 aliphatic heterocycles. The summed E-state index contributed by atoms with van der Waals surface area (Å²) in [6.07, 6.45) is 2.40. The van der Waals surface area contributed by atoms with Crippen LogP contribution in [0.3, 0.4) is 0 Å². The van der Waals surface area contributed by atoms with Crippen LogP contribution in [0.1, 0.15) is 36.7 Å². The quantitative estimate of drug-likeness (QED) is 0.612. The molecule has 142 valence electrons. The van der Waals surface area contributed by atoms with Gasteiger partial charge in [-0.3, -0.25) is 14.7 Å². The lowest BCUT2D eigenvalue weighted by Gasteiger charge is -2.34. The normalized spacial score (nSPS) is 15.9. The number of fused-ring (bicyclic) bond motifs is 1. The SMILES string of the molecule is CC1(CNC(=O)CCNC(=O)c2n[nH]c3ccccc23)CCNCC1.Cl. The van der Waals surface area contributed by atoms with Crippen molar-refractivity contribution < 1.29 is 9.59 Å². The van der Waals surface area contributed by atoms with Crippen molar-refractivity contribution in [3.63, 3.8) is 0 Å². The summed E-state index contributed by atoms with van der Waals surface area (Å²) in [7, 11) is 0. The molecule has 26 heavy (non-hydrogen) atoms. The predicted molar refractivity (Wildman–Crippen MR) is 104 cm³/mol. The second-order valence-electron chi connectivity index (χ2n) is 6.96. The molecule has 0 bridgehead atoms. The second kappa shape index (κ2) is 9.00. The largest absolute Gasteiger partial charge is 0.355 e. The van der Waals surface area contributed by atoms with Crippen LogP contribution in [0.15, 0.2) is 24.3 Å². The van der Waals surface area contributed by atoms with Gasteiger partial charge in [0.2, 0.25) is 5.91 Å². The molecule has 2 aromatic rings. The first-order chi connectivity index (χ1) is 12.1. The molecular formula is C18H26ClN5O2. The molecule has 3 rings (SSSR count). The van der Waals surface area contributed by atoms with Crippen LogP contribution in [-0.4, -0.2) is 48.2 Å². The van der Waals surface area contributed by atoms with Crippen molar-refractivity contribution in [2.75, 3.05) is 26.2 Å². The Hall–Kier alpha value is -2.12. The highest BCUT2D eigenvalue weighted by atomic mass is 35.5. The molecule has 1 aliphatic rings. The Morgan fingerprint density at radius 2 is 1.92 bits per heavy atom. The summed E-state index contributed by atoms with van der Waals surface area (Å²) in [5.74, 6) is -0.303. The van der Waals surface area contributed by atoms with Gasteiger partial charge in [0.1, 0.15) is 0 Å². The highest BCUT2D eigenvalue weighted by Gasteiger charge is 2.26. The number of amides is 2. The zero-order valence-corrected chi connectivity index (χ0v) is 15.7. The maximum absolute atomic E-state index is 12.2. The third-order valence-corrected chi connectivity index (χ3v) is 4.85. The molecule has 7 nitrogen and oxygen atoms in total. The summed E-state index contributed by atoms with van der Waals surface area (Å²) in [6.45, 7) is 5.19. The lowest BCUT2D eigenvalue weighted by molar-refractivity contribution is -0.121. The predicted octanol–water partition coefficient (Wildman–Crippen LogP) is 1.61. The standard InChI is InChI=1S/C18H25N5O2.ClH/c1-18(7-10-19-11-8-18)12-21-15(24)6-9-20-17(25)16-13-4-2-3-5-14(13)22-23-16;/h2-5,19H,6-12H2,1H3,(H,20,25)(H,21,24)(H,22,23);1H. The minimum Gasteiger partial charge on any atom is -0.355 e. The van der Waals surface area contributed by atoms with E-state index in [1.165, 1.54) is 0 Å². The van der Waals surface area contributed by atoms with Gasteiger partial charge in [-0.1, -0.05) is 25.1 Å². The number of piperidine rings is 1. The fourth-order valence-electron chi connectivity index (χ4n) is 3.12. The summed E-state index contributed by atoms with van der Waals surface area (Å²) >= 11 is 0. The number of hydrogen-bond acceptors (Lipinski definition) is 4. The van der Waals surface area contributed by atoms with E-state index in [1.807, 2.05) is 24.3 Å². The van der Waals surface area contributed by atoms with Crippen molar-refractivity contribution >= 4 is 35.1 Å². The highest BCUT2D eigenvalue weighted by Crippen LogP contribution is 2.26. The van der Waals surface area contributed by atoms with Gasteiger partial charge < -0.3 is 16.0 Å². The van der Waals surface area contributed by atoms with Crippen molar-refractivity contribution in [1.29, 1.82) is 0 Å². The molecule has 0 atom stereocenters. The first-order valence-electron chi connectivity index (χ1n) is 8.76. The number of halogens is 1. The molecule has 1 saturated heterocycles. The third kappa shape index (κ3) is 4.95. The molecule has 0 radical (unpaired) electrons. The Labute approximate surface area is 159 Å². The maximum atomic E-state index is 12.2. The second-order valence-corrected chi connectivity index (χ2v) is 6.96. The number of nitrogens with one attached hydrogen (secondary N) is 4. The zero-order valence-electron chi connectivity index (χ0n) is 14.9. The van der Waals surface area contributed by atoms with Gasteiger partial charge in [0.15, 0.2) is 5.69 Å². The van der Waals surface area contributed by atoms with Gasteiger partial charge in [-0.25, -0.2) is 0 Å². The number of carbonyl (C=O) groups excluding carboxylic acids is 2. The van der Waals surface area contributed by atoms with Gasteiger partial charge in [-0.05, 0) is 37.4 Å². The first kappa shape index (κ1) is 20.2. The number of hydrogen-bond donors (Lipinski definition) is 4. The summed E-state index contributed by atoms with van der Waals surface area (Å²) in [4.78, 5) is 24.2. The van der Waals surface area contributed by atoms with Crippen LogP contribution < -0.4 is 16.0 Å². The molecule has 4 N–H and O–H groups in total.